The van der Waals surface area contributed by atoms with Crippen molar-refractivity contribution in [3.63, 3.8) is 0 Å². The second kappa shape index (κ2) is 9.83. The van der Waals surface area contributed by atoms with E-state index in [4.69, 9.17) is 9.84 Å². The molecule has 7 heteroatoms. The number of aromatic nitrogens is 2. The molecule has 0 aliphatic carbocycles. The van der Waals surface area contributed by atoms with Gasteiger partial charge in [0.25, 0.3) is 0 Å². The number of ether oxygens (including phenoxy) is 1. The summed E-state index contributed by atoms with van der Waals surface area (Å²) in [4.78, 5) is 15.0. The molecule has 0 aliphatic heterocycles. The molecule has 2 aromatic heterocycles. The molecule has 4 rings (SSSR count). The molecule has 4 aromatic rings. The van der Waals surface area contributed by atoms with Gasteiger partial charge in [-0.1, -0.05) is 44.7 Å². The highest BCUT2D eigenvalue weighted by atomic mass is 79.9. The topological polar surface area (TPSA) is 64.3 Å². The fourth-order valence-corrected chi connectivity index (χ4v) is 4.59. The number of pyridine rings is 1. The Morgan fingerprint density at radius 3 is 2.23 bits per heavy atom. The van der Waals surface area contributed by atoms with Crippen LogP contribution in [0.4, 0.5) is 0 Å². The molecule has 160 valence electrons. The number of aryl methyl sites for hydroxylation is 1. The quantitative estimate of drug-likeness (QED) is 0.229. The Hall–Kier alpha value is -2.38. The average molecular weight is 546 g/mol. The number of carbonyl (C=O) groups is 1. The first-order valence-corrected chi connectivity index (χ1v) is 11.8. The molecule has 0 aliphatic rings. The first-order valence-electron chi connectivity index (χ1n) is 10.2. The highest BCUT2D eigenvalue weighted by Crippen LogP contribution is 2.33. The highest BCUT2D eigenvalue weighted by Gasteiger charge is 2.13. The number of benzene rings is 2. The summed E-state index contributed by atoms with van der Waals surface area (Å²) in [6.07, 6.45) is 5.51. The molecule has 0 spiro atoms. The lowest BCUT2D eigenvalue weighted by atomic mass is 10.2. The fraction of sp³-hybridized carbons (Fsp3) is 0.250. The van der Waals surface area contributed by atoms with Gasteiger partial charge < -0.3 is 14.4 Å². The fourth-order valence-electron chi connectivity index (χ4n) is 3.86. The molecule has 2 heterocycles. The number of nitrogens with zero attached hydrogens (tertiary/aromatic N) is 2. The van der Waals surface area contributed by atoms with Crippen molar-refractivity contribution in [2.24, 2.45) is 0 Å². The number of rotatable bonds is 9. The van der Waals surface area contributed by atoms with E-state index in [1.807, 2.05) is 0 Å². The zero-order valence-corrected chi connectivity index (χ0v) is 20.0. The molecule has 0 amide bonds. The molecule has 0 unspecified atom stereocenters. The smallest absolute Gasteiger partial charge is 0.358 e. The summed E-state index contributed by atoms with van der Waals surface area (Å²) in [5.41, 5.74) is 2.46. The van der Waals surface area contributed by atoms with E-state index >= 15 is 0 Å². The predicted octanol–water partition coefficient (Wildman–Crippen LogP) is 7.05. The Labute approximate surface area is 197 Å². The van der Waals surface area contributed by atoms with Crippen molar-refractivity contribution >= 4 is 59.6 Å². The number of hydrogen-bond donors (Lipinski definition) is 1. The zero-order chi connectivity index (χ0) is 21.8. The molecular formula is C24H22Br2N2O3. The maximum absolute atomic E-state index is 11.2. The minimum absolute atomic E-state index is 0.0351. The number of carboxylic acids is 1. The average Bonchev–Trinajstić information content (AvgIpc) is 3.05. The molecule has 0 bridgehead atoms. The third kappa shape index (κ3) is 4.93. The van der Waals surface area contributed by atoms with Crippen LogP contribution < -0.4 is 4.74 Å². The Kier molecular flexibility index (Phi) is 6.92. The zero-order valence-electron chi connectivity index (χ0n) is 16.9. The SMILES string of the molecule is O=C(O)c1ncccc1OCCCCCCn1c2ccc(Br)cc2c2cc(Br)ccc21. The summed E-state index contributed by atoms with van der Waals surface area (Å²) in [6, 6.07) is 16.2. The monoisotopic (exact) mass is 544 g/mol. The second-order valence-corrected chi connectivity index (χ2v) is 9.22. The summed E-state index contributed by atoms with van der Waals surface area (Å²) in [5.74, 6) is -0.738. The van der Waals surface area contributed by atoms with Crippen LogP contribution >= 0.6 is 31.9 Å². The molecular weight excluding hydrogens is 524 g/mol. The molecule has 5 nitrogen and oxygen atoms in total. The Morgan fingerprint density at radius 2 is 1.58 bits per heavy atom. The van der Waals surface area contributed by atoms with Crippen molar-refractivity contribution in [2.75, 3.05) is 6.61 Å². The van der Waals surface area contributed by atoms with E-state index in [2.05, 4.69) is 77.8 Å². The van der Waals surface area contributed by atoms with Gasteiger partial charge in [-0.05, 0) is 61.4 Å². The van der Waals surface area contributed by atoms with Crippen LogP contribution in [0.1, 0.15) is 36.2 Å². The van der Waals surface area contributed by atoms with E-state index in [9.17, 15) is 4.79 Å². The Bertz CT molecular complexity index is 1180. The summed E-state index contributed by atoms with van der Waals surface area (Å²) in [5, 5.41) is 11.7. The molecule has 0 atom stereocenters. The minimum atomic E-state index is -1.07. The maximum Gasteiger partial charge on any atom is 0.358 e. The van der Waals surface area contributed by atoms with E-state index in [-0.39, 0.29) is 5.69 Å². The van der Waals surface area contributed by atoms with Crippen molar-refractivity contribution in [1.82, 2.24) is 9.55 Å². The van der Waals surface area contributed by atoms with Crippen molar-refractivity contribution in [3.05, 3.63) is 69.4 Å². The van der Waals surface area contributed by atoms with Crippen LogP contribution in [-0.2, 0) is 6.54 Å². The van der Waals surface area contributed by atoms with Crippen LogP contribution in [0.2, 0.25) is 0 Å². The third-order valence-electron chi connectivity index (χ3n) is 5.30. The van der Waals surface area contributed by atoms with Crippen molar-refractivity contribution < 1.29 is 14.6 Å². The van der Waals surface area contributed by atoms with Crippen molar-refractivity contribution in [1.29, 1.82) is 0 Å². The van der Waals surface area contributed by atoms with Gasteiger partial charge in [0, 0.05) is 43.5 Å². The lowest BCUT2D eigenvalue weighted by molar-refractivity contribution is 0.0685. The van der Waals surface area contributed by atoms with E-state index in [0.29, 0.717) is 12.4 Å². The molecule has 0 saturated heterocycles. The summed E-state index contributed by atoms with van der Waals surface area (Å²) in [7, 11) is 0. The number of fused-ring (bicyclic) bond motifs is 3. The predicted molar refractivity (Wildman–Crippen MR) is 130 cm³/mol. The first-order chi connectivity index (χ1) is 15.0. The van der Waals surface area contributed by atoms with Gasteiger partial charge in [-0.3, -0.25) is 0 Å². The Morgan fingerprint density at radius 1 is 0.935 bits per heavy atom. The number of hydrogen-bond acceptors (Lipinski definition) is 3. The number of unbranched alkanes of at least 4 members (excludes halogenated alkanes) is 3. The lowest BCUT2D eigenvalue weighted by Gasteiger charge is -2.09. The number of aromatic carboxylic acids is 1. The van der Waals surface area contributed by atoms with Gasteiger partial charge in [0.15, 0.2) is 11.4 Å². The van der Waals surface area contributed by atoms with E-state index in [1.165, 1.54) is 28.0 Å². The van der Waals surface area contributed by atoms with Gasteiger partial charge in [0.05, 0.1) is 6.61 Å². The van der Waals surface area contributed by atoms with Gasteiger partial charge in [-0.25, -0.2) is 9.78 Å². The molecule has 1 N–H and O–H groups in total. The van der Waals surface area contributed by atoms with Gasteiger partial charge in [-0.2, -0.15) is 0 Å². The van der Waals surface area contributed by atoms with Crippen molar-refractivity contribution in [2.45, 2.75) is 32.2 Å². The van der Waals surface area contributed by atoms with Crippen LogP contribution in [0, 0.1) is 0 Å². The number of carboxylic acid groups (broad SMARTS) is 1. The van der Waals surface area contributed by atoms with Crippen LogP contribution in [0.25, 0.3) is 21.8 Å². The summed E-state index contributed by atoms with van der Waals surface area (Å²) < 4.78 is 10.2. The normalized spacial score (nSPS) is 11.3. The molecule has 31 heavy (non-hydrogen) atoms. The van der Waals surface area contributed by atoms with Gasteiger partial charge in [0.2, 0.25) is 0 Å². The van der Waals surface area contributed by atoms with Crippen LogP contribution in [0.5, 0.6) is 5.75 Å². The molecule has 0 radical (unpaired) electrons. The standard InChI is InChI=1S/C24H22Br2N2O3/c25-16-7-9-20-18(14-16)19-15-17(26)8-10-21(19)28(20)12-3-1-2-4-13-31-22-6-5-11-27-23(22)24(29)30/h5-11,14-15H,1-4,12-13H2,(H,29,30). The summed E-state index contributed by atoms with van der Waals surface area (Å²) >= 11 is 7.19. The van der Waals surface area contributed by atoms with E-state index in [1.54, 1.807) is 12.1 Å². The second-order valence-electron chi connectivity index (χ2n) is 7.39. The van der Waals surface area contributed by atoms with Crippen LogP contribution in [0.15, 0.2) is 63.7 Å². The van der Waals surface area contributed by atoms with Gasteiger partial charge >= 0.3 is 5.97 Å². The minimum Gasteiger partial charge on any atom is -0.491 e. The van der Waals surface area contributed by atoms with Gasteiger partial charge in [-0.15, -0.1) is 0 Å². The first kappa shape index (κ1) is 21.8. The molecule has 2 aromatic carbocycles. The third-order valence-corrected chi connectivity index (χ3v) is 6.28. The lowest BCUT2D eigenvalue weighted by Crippen LogP contribution is -2.06. The molecule has 0 saturated carbocycles. The summed E-state index contributed by atoms with van der Waals surface area (Å²) in [6.45, 7) is 1.44. The number of halogens is 2. The van der Waals surface area contributed by atoms with Gasteiger partial charge in [0.1, 0.15) is 0 Å². The molecule has 0 fully saturated rings. The highest BCUT2D eigenvalue weighted by molar-refractivity contribution is 9.10. The largest absolute Gasteiger partial charge is 0.491 e. The van der Waals surface area contributed by atoms with E-state index in [0.717, 1.165) is 41.2 Å². The van der Waals surface area contributed by atoms with Crippen LogP contribution in [-0.4, -0.2) is 27.2 Å². The van der Waals surface area contributed by atoms with Crippen molar-refractivity contribution in [3.8, 4) is 5.75 Å². The van der Waals surface area contributed by atoms with Crippen LogP contribution in [0.3, 0.4) is 0 Å². The maximum atomic E-state index is 11.2. The van der Waals surface area contributed by atoms with E-state index < -0.39 is 5.97 Å². The Balaban J connectivity index is 1.34.